The number of ether oxygens (including phenoxy) is 1. The van der Waals surface area contributed by atoms with Gasteiger partial charge in [-0.1, -0.05) is 42.5 Å². The lowest BCUT2D eigenvalue weighted by molar-refractivity contribution is -0.155. The summed E-state index contributed by atoms with van der Waals surface area (Å²) in [6.45, 7) is 1.88. The Labute approximate surface area is 161 Å². The van der Waals surface area contributed by atoms with Crippen LogP contribution in [0.1, 0.15) is 18.9 Å². The maximum absolute atomic E-state index is 12.2. The number of hydrogen-bond acceptors (Lipinski definition) is 5. The summed E-state index contributed by atoms with van der Waals surface area (Å²) >= 11 is 1.32. The van der Waals surface area contributed by atoms with Crippen LogP contribution in [0.25, 0.3) is 0 Å². The quantitative estimate of drug-likeness (QED) is 0.748. The number of carbonyl (C=O) groups excluding carboxylic acids is 3. The third kappa shape index (κ3) is 5.10. The molecule has 1 aliphatic rings. The van der Waals surface area contributed by atoms with Gasteiger partial charge in [0.05, 0.1) is 17.4 Å². The molecule has 7 heteroatoms. The molecule has 27 heavy (non-hydrogen) atoms. The Balaban J connectivity index is 1.48. The van der Waals surface area contributed by atoms with Gasteiger partial charge >= 0.3 is 5.97 Å². The van der Waals surface area contributed by atoms with E-state index in [4.69, 9.17) is 4.74 Å². The predicted molar refractivity (Wildman–Crippen MR) is 103 cm³/mol. The largest absolute Gasteiger partial charge is 0.453 e. The molecule has 2 N–H and O–H groups in total. The van der Waals surface area contributed by atoms with Gasteiger partial charge in [-0.05, 0) is 24.6 Å². The number of thioether (sulfide) groups is 1. The molecule has 0 aromatic heterocycles. The fourth-order valence-electron chi connectivity index (χ4n) is 2.61. The molecule has 0 bridgehead atoms. The molecule has 140 valence electrons. The Morgan fingerprint density at radius 2 is 1.85 bits per heavy atom. The molecule has 0 fully saturated rings. The highest BCUT2D eigenvalue weighted by Gasteiger charge is 2.30. The van der Waals surface area contributed by atoms with Gasteiger partial charge in [-0.3, -0.25) is 14.4 Å². The molecule has 2 aromatic carbocycles. The Kier molecular flexibility index (Phi) is 6.13. The monoisotopic (exact) mass is 384 g/mol. The molecule has 0 radical (unpaired) electrons. The Bertz CT molecular complexity index is 841. The normalized spacial score (nSPS) is 16.6. The number of esters is 1. The first-order valence-corrected chi connectivity index (χ1v) is 9.48. The van der Waals surface area contributed by atoms with E-state index in [1.807, 2.05) is 54.6 Å². The van der Waals surface area contributed by atoms with Gasteiger partial charge in [0.25, 0.3) is 5.91 Å². The number of para-hydroxylation sites is 1. The van der Waals surface area contributed by atoms with Gasteiger partial charge in [0, 0.05) is 11.4 Å². The maximum atomic E-state index is 12.2. The minimum atomic E-state index is -0.926. The van der Waals surface area contributed by atoms with Crippen molar-refractivity contribution in [2.45, 2.75) is 36.1 Å². The zero-order valence-corrected chi connectivity index (χ0v) is 15.6. The molecular formula is C20H20N2O4S. The van der Waals surface area contributed by atoms with E-state index in [0.717, 1.165) is 16.1 Å². The number of fused-ring (bicyclic) bond motifs is 1. The van der Waals surface area contributed by atoms with Crippen molar-refractivity contribution in [3.8, 4) is 0 Å². The highest BCUT2D eigenvalue weighted by Crippen LogP contribution is 2.36. The van der Waals surface area contributed by atoms with Crippen LogP contribution in [0.4, 0.5) is 5.69 Å². The fourth-order valence-corrected chi connectivity index (χ4v) is 3.70. The van der Waals surface area contributed by atoms with Crippen LogP contribution in [-0.4, -0.2) is 29.1 Å². The van der Waals surface area contributed by atoms with Crippen molar-refractivity contribution in [2.24, 2.45) is 0 Å². The molecule has 2 amide bonds. The second-order valence-corrected chi connectivity index (χ2v) is 7.38. The SMILES string of the molecule is C[C@H](OC(=O)C[C@@H]1Sc2ccccc2NC1=O)C(=O)NCc1ccccc1. The van der Waals surface area contributed by atoms with E-state index in [9.17, 15) is 14.4 Å². The molecule has 0 saturated carbocycles. The van der Waals surface area contributed by atoms with Gasteiger partial charge in [0.2, 0.25) is 5.91 Å². The van der Waals surface area contributed by atoms with Crippen LogP contribution < -0.4 is 10.6 Å². The number of hydrogen-bond donors (Lipinski definition) is 2. The number of amides is 2. The number of carbonyl (C=O) groups is 3. The van der Waals surface area contributed by atoms with Crippen LogP contribution >= 0.6 is 11.8 Å². The molecule has 0 spiro atoms. The minimum Gasteiger partial charge on any atom is -0.453 e. The van der Waals surface area contributed by atoms with Gasteiger partial charge in [-0.15, -0.1) is 11.8 Å². The van der Waals surface area contributed by atoms with Crippen molar-refractivity contribution < 1.29 is 19.1 Å². The second-order valence-electron chi connectivity index (χ2n) is 6.13. The van der Waals surface area contributed by atoms with Crippen molar-refractivity contribution in [2.75, 3.05) is 5.32 Å². The Morgan fingerprint density at radius 3 is 2.63 bits per heavy atom. The molecule has 0 saturated heterocycles. The summed E-state index contributed by atoms with van der Waals surface area (Å²) in [5.41, 5.74) is 1.70. The van der Waals surface area contributed by atoms with E-state index >= 15 is 0 Å². The summed E-state index contributed by atoms with van der Waals surface area (Å²) in [6, 6.07) is 16.9. The van der Waals surface area contributed by atoms with E-state index in [1.54, 1.807) is 0 Å². The highest BCUT2D eigenvalue weighted by molar-refractivity contribution is 8.01. The highest BCUT2D eigenvalue weighted by atomic mass is 32.2. The average Bonchev–Trinajstić information content (AvgIpc) is 2.67. The third-order valence-electron chi connectivity index (χ3n) is 4.05. The van der Waals surface area contributed by atoms with Crippen molar-refractivity contribution in [3.05, 3.63) is 60.2 Å². The molecule has 0 aliphatic carbocycles. The smallest absolute Gasteiger partial charge is 0.308 e. The third-order valence-corrected chi connectivity index (χ3v) is 5.32. The summed E-state index contributed by atoms with van der Waals surface area (Å²) in [5.74, 6) is -1.19. The van der Waals surface area contributed by atoms with Crippen LogP contribution in [0.5, 0.6) is 0 Å². The number of rotatable bonds is 6. The summed E-state index contributed by atoms with van der Waals surface area (Å²) in [6.07, 6.45) is -1.02. The van der Waals surface area contributed by atoms with Crippen LogP contribution in [0.15, 0.2) is 59.5 Å². The predicted octanol–water partition coefficient (Wildman–Crippen LogP) is 2.74. The summed E-state index contributed by atoms with van der Waals surface area (Å²) in [7, 11) is 0. The Hall–Kier alpha value is -2.80. The van der Waals surface area contributed by atoms with Crippen LogP contribution in [-0.2, 0) is 25.7 Å². The topological polar surface area (TPSA) is 84.5 Å². The van der Waals surface area contributed by atoms with Crippen molar-refractivity contribution in [1.29, 1.82) is 0 Å². The summed E-state index contributed by atoms with van der Waals surface area (Å²) < 4.78 is 5.20. The zero-order chi connectivity index (χ0) is 19.2. The fraction of sp³-hybridized carbons (Fsp3) is 0.250. The van der Waals surface area contributed by atoms with E-state index in [0.29, 0.717) is 6.54 Å². The van der Waals surface area contributed by atoms with E-state index in [2.05, 4.69) is 10.6 Å². The number of anilines is 1. The van der Waals surface area contributed by atoms with Gasteiger partial charge in [0.15, 0.2) is 6.10 Å². The van der Waals surface area contributed by atoms with Gasteiger partial charge in [-0.25, -0.2) is 0 Å². The van der Waals surface area contributed by atoms with Crippen LogP contribution in [0.2, 0.25) is 0 Å². The molecular weight excluding hydrogens is 364 g/mol. The summed E-state index contributed by atoms with van der Waals surface area (Å²) in [5, 5.41) is 4.94. The second kappa shape index (κ2) is 8.73. The lowest BCUT2D eigenvalue weighted by Crippen LogP contribution is -2.37. The van der Waals surface area contributed by atoms with E-state index in [-0.39, 0.29) is 18.2 Å². The minimum absolute atomic E-state index is 0.0961. The molecule has 6 nitrogen and oxygen atoms in total. The van der Waals surface area contributed by atoms with Crippen molar-refractivity contribution in [1.82, 2.24) is 5.32 Å². The first-order valence-electron chi connectivity index (χ1n) is 8.60. The first-order chi connectivity index (χ1) is 13.0. The molecule has 3 rings (SSSR count). The molecule has 1 aliphatic heterocycles. The Morgan fingerprint density at radius 1 is 1.15 bits per heavy atom. The van der Waals surface area contributed by atoms with E-state index < -0.39 is 17.3 Å². The van der Waals surface area contributed by atoms with Crippen LogP contribution in [0.3, 0.4) is 0 Å². The maximum Gasteiger partial charge on any atom is 0.308 e. The lowest BCUT2D eigenvalue weighted by atomic mass is 10.2. The standard InChI is InChI=1S/C20H20N2O4S/c1-13(19(24)21-12-14-7-3-2-4-8-14)26-18(23)11-17-20(25)22-15-9-5-6-10-16(15)27-17/h2-10,13,17H,11-12H2,1H3,(H,21,24)(H,22,25)/t13-,17-/m0/s1. The molecule has 1 heterocycles. The van der Waals surface area contributed by atoms with Crippen molar-refractivity contribution >= 4 is 35.2 Å². The molecule has 2 aromatic rings. The number of nitrogens with one attached hydrogen (secondary N) is 2. The van der Waals surface area contributed by atoms with Gasteiger partial charge in [-0.2, -0.15) is 0 Å². The number of benzene rings is 2. The van der Waals surface area contributed by atoms with Gasteiger partial charge in [0.1, 0.15) is 0 Å². The summed E-state index contributed by atoms with van der Waals surface area (Å²) in [4.78, 5) is 37.3. The lowest BCUT2D eigenvalue weighted by Gasteiger charge is -2.23. The molecule has 0 unspecified atom stereocenters. The van der Waals surface area contributed by atoms with Crippen molar-refractivity contribution in [3.63, 3.8) is 0 Å². The molecule has 2 atom stereocenters. The van der Waals surface area contributed by atoms with E-state index in [1.165, 1.54) is 18.7 Å². The van der Waals surface area contributed by atoms with Crippen LogP contribution in [0, 0.1) is 0 Å². The average molecular weight is 384 g/mol. The first kappa shape index (κ1) is 19.0. The zero-order valence-electron chi connectivity index (χ0n) is 14.8. The van der Waals surface area contributed by atoms with Gasteiger partial charge < -0.3 is 15.4 Å².